The first kappa shape index (κ1) is 15.9. The number of thiophene rings is 1. The van der Waals surface area contributed by atoms with Gasteiger partial charge in [0.05, 0.1) is 16.3 Å². The second kappa shape index (κ2) is 6.66. The first-order valence-electron chi connectivity index (χ1n) is 6.52. The molecule has 1 N–H and O–H groups in total. The van der Waals surface area contributed by atoms with E-state index in [-0.39, 0.29) is 10.6 Å². The number of fused-ring (bicyclic) bond motifs is 1. The monoisotopic (exact) mass is 366 g/mol. The van der Waals surface area contributed by atoms with Crippen LogP contribution in [-0.4, -0.2) is 12.1 Å². The number of rotatable bonds is 3. The quantitative estimate of drug-likeness (QED) is 0.507. The fourth-order valence-electron chi connectivity index (χ4n) is 2.00. The molecule has 0 aliphatic rings. The van der Waals surface area contributed by atoms with Crippen LogP contribution in [0.5, 0.6) is 0 Å². The first-order chi connectivity index (χ1) is 11.1. The number of benzene rings is 2. The molecule has 1 amide bonds. The van der Waals surface area contributed by atoms with Gasteiger partial charge in [0, 0.05) is 15.6 Å². The van der Waals surface area contributed by atoms with Crippen molar-refractivity contribution in [2.75, 3.05) is 0 Å². The maximum atomic E-state index is 13.6. The zero-order valence-corrected chi connectivity index (χ0v) is 13.8. The lowest BCUT2D eigenvalue weighted by atomic mass is 10.2. The van der Waals surface area contributed by atoms with Crippen LogP contribution in [0.4, 0.5) is 4.39 Å². The van der Waals surface area contributed by atoms with Gasteiger partial charge in [0.1, 0.15) is 10.7 Å². The van der Waals surface area contributed by atoms with Gasteiger partial charge in [-0.15, -0.1) is 11.3 Å². The molecule has 0 saturated carbocycles. The molecule has 0 aliphatic heterocycles. The van der Waals surface area contributed by atoms with Gasteiger partial charge in [0.15, 0.2) is 0 Å². The maximum Gasteiger partial charge on any atom is 0.283 e. The molecule has 116 valence electrons. The average Bonchev–Trinajstić information content (AvgIpc) is 2.88. The van der Waals surface area contributed by atoms with Crippen molar-refractivity contribution >= 4 is 56.7 Å². The van der Waals surface area contributed by atoms with Crippen LogP contribution in [0.25, 0.3) is 10.1 Å². The van der Waals surface area contributed by atoms with Crippen LogP contribution in [0.15, 0.2) is 47.6 Å². The second-order valence-corrected chi connectivity index (χ2v) is 6.41. The Hall–Kier alpha value is -1.95. The number of nitrogens with zero attached hydrogens (tertiary/aromatic N) is 1. The van der Waals surface area contributed by atoms with Crippen molar-refractivity contribution in [3.05, 3.63) is 68.8 Å². The minimum absolute atomic E-state index is 0.108. The Bertz CT molecular complexity index is 903. The lowest BCUT2D eigenvalue weighted by Crippen LogP contribution is -2.16. The summed E-state index contributed by atoms with van der Waals surface area (Å²) in [6.07, 6.45) is 1.16. The third-order valence-corrected chi connectivity index (χ3v) is 5.10. The summed E-state index contributed by atoms with van der Waals surface area (Å²) in [6.45, 7) is 0. The van der Waals surface area contributed by atoms with Crippen LogP contribution in [-0.2, 0) is 0 Å². The van der Waals surface area contributed by atoms with Crippen LogP contribution in [0.2, 0.25) is 10.0 Å². The predicted octanol–water partition coefficient (Wildman–Crippen LogP) is 5.11. The summed E-state index contributed by atoms with van der Waals surface area (Å²) in [6, 6.07) is 11.7. The summed E-state index contributed by atoms with van der Waals surface area (Å²) in [5, 5.41) is 5.15. The van der Waals surface area contributed by atoms with Gasteiger partial charge < -0.3 is 0 Å². The van der Waals surface area contributed by atoms with Crippen LogP contribution < -0.4 is 5.43 Å². The molecule has 23 heavy (non-hydrogen) atoms. The molecular formula is C16H9Cl2FN2OS. The van der Waals surface area contributed by atoms with E-state index in [0.717, 1.165) is 16.3 Å². The molecule has 0 spiro atoms. The molecule has 3 rings (SSSR count). The Balaban J connectivity index is 1.81. The molecule has 0 saturated heterocycles. The van der Waals surface area contributed by atoms with Gasteiger partial charge >= 0.3 is 0 Å². The summed E-state index contributed by atoms with van der Waals surface area (Å²) in [5.41, 5.74) is 2.44. The molecule has 3 aromatic rings. The van der Waals surface area contributed by atoms with Gasteiger partial charge in [-0.3, -0.25) is 4.79 Å². The first-order valence-corrected chi connectivity index (χ1v) is 8.09. The van der Waals surface area contributed by atoms with Crippen molar-refractivity contribution in [2.45, 2.75) is 0 Å². The molecule has 0 bridgehead atoms. The summed E-state index contributed by atoms with van der Waals surface area (Å²) < 4.78 is 14.5. The van der Waals surface area contributed by atoms with E-state index in [4.69, 9.17) is 23.2 Å². The van der Waals surface area contributed by atoms with Crippen molar-refractivity contribution in [3.63, 3.8) is 0 Å². The molecule has 7 heteroatoms. The van der Waals surface area contributed by atoms with Gasteiger partial charge in [0.2, 0.25) is 0 Å². The highest BCUT2D eigenvalue weighted by Gasteiger charge is 2.16. The van der Waals surface area contributed by atoms with Crippen molar-refractivity contribution < 1.29 is 9.18 Å². The van der Waals surface area contributed by atoms with Crippen LogP contribution in [0.3, 0.4) is 0 Å². The van der Waals surface area contributed by atoms with Crippen molar-refractivity contribution in [1.29, 1.82) is 0 Å². The Labute approximate surface area is 145 Å². The highest BCUT2D eigenvalue weighted by molar-refractivity contribution is 7.21. The highest BCUT2D eigenvalue weighted by atomic mass is 35.5. The smallest absolute Gasteiger partial charge is 0.266 e. The molecule has 0 fully saturated rings. The van der Waals surface area contributed by atoms with Crippen LogP contribution >= 0.6 is 34.5 Å². The van der Waals surface area contributed by atoms with Crippen molar-refractivity contribution in [3.8, 4) is 0 Å². The van der Waals surface area contributed by atoms with Gasteiger partial charge in [-0.2, -0.15) is 5.10 Å². The third kappa shape index (κ3) is 3.22. The van der Waals surface area contributed by atoms with E-state index < -0.39 is 11.7 Å². The maximum absolute atomic E-state index is 13.6. The number of carbonyl (C=O) groups is 1. The van der Waals surface area contributed by atoms with E-state index in [9.17, 15) is 9.18 Å². The Morgan fingerprint density at radius 1 is 1.17 bits per heavy atom. The molecule has 0 radical (unpaired) electrons. The Morgan fingerprint density at radius 3 is 2.70 bits per heavy atom. The van der Waals surface area contributed by atoms with Gasteiger partial charge in [-0.1, -0.05) is 47.5 Å². The minimum atomic E-state index is -0.518. The minimum Gasteiger partial charge on any atom is -0.266 e. The van der Waals surface area contributed by atoms with Gasteiger partial charge in [-0.05, 0) is 18.2 Å². The van der Waals surface area contributed by atoms with E-state index in [1.807, 2.05) is 24.3 Å². The zero-order chi connectivity index (χ0) is 16.4. The standard InChI is InChI=1S/C16H9Cl2FN2OS/c17-11-5-3-6-12(19)10(11)8-20-21-16(22)15-14(18)9-4-1-2-7-13(9)23-15/h1-8H,(H,21,22). The van der Waals surface area contributed by atoms with E-state index in [1.54, 1.807) is 0 Å². The average molecular weight is 367 g/mol. The normalized spacial score (nSPS) is 11.3. The predicted molar refractivity (Wildman–Crippen MR) is 93.3 cm³/mol. The van der Waals surface area contributed by atoms with E-state index in [2.05, 4.69) is 10.5 Å². The number of hydrogen-bond acceptors (Lipinski definition) is 3. The number of amides is 1. The molecule has 2 aromatic carbocycles. The molecule has 0 aliphatic carbocycles. The fraction of sp³-hybridized carbons (Fsp3) is 0. The molecule has 3 nitrogen and oxygen atoms in total. The lowest BCUT2D eigenvalue weighted by Gasteiger charge is -2.00. The van der Waals surface area contributed by atoms with E-state index in [0.29, 0.717) is 9.90 Å². The summed E-state index contributed by atoms with van der Waals surface area (Å²) in [5.74, 6) is -0.977. The second-order valence-electron chi connectivity index (χ2n) is 4.58. The Morgan fingerprint density at radius 2 is 1.96 bits per heavy atom. The van der Waals surface area contributed by atoms with Crippen LogP contribution in [0.1, 0.15) is 15.2 Å². The van der Waals surface area contributed by atoms with E-state index in [1.165, 1.54) is 29.5 Å². The summed E-state index contributed by atoms with van der Waals surface area (Å²) in [4.78, 5) is 12.5. The van der Waals surface area contributed by atoms with Gasteiger partial charge in [0.25, 0.3) is 5.91 Å². The largest absolute Gasteiger partial charge is 0.283 e. The highest BCUT2D eigenvalue weighted by Crippen LogP contribution is 2.34. The molecular weight excluding hydrogens is 358 g/mol. The number of nitrogens with one attached hydrogen (secondary N) is 1. The van der Waals surface area contributed by atoms with Crippen molar-refractivity contribution in [1.82, 2.24) is 5.43 Å². The third-order valence-electron chi connectivity index (χ3n) is 3.10. The number of carbonyl (C=O) groups excluding carboxylic acids is 1. The van der Waals surface area contributed by atoms with Crippen molar-refractivity contribution in [2.24, 2.45) is 5.10 Å². The zero-order valence-electron chi connectivity index (χ0n) is 11.5. The number of halogens is 3. The number of hydrogen-bond donors (Lipinski definition) is 1. The van der Waals surface area contributed by atoms with E-state index >= 15 is 0 Å². The fourth-order valence-corrected chi connectivity index (χ4v) is 3.62. The molecule has 0 unspecified atom stereocenters. The summed E-state index contributed by atoms with van der Waals surface area (Å²) >= 11 is 13.4. The molecule has 1 heterocycles. The topological polar surface area (TPSA) is 41.5 Å². The Kier molecular flexibility index (Phi) is 4.61. The summed E-state index contributed by atoms with van der Waals surface area (Å²) in [7, 11) is 0. The number of hydrazone groups is 1. The van der Waals surface area contributed by atoms with Gasteiger partial charge in [-0.25, -0.2) is 9.82 Å². The molecule has 1 aromatic heterocycles. The SMILES string of the molecule is O=C(NN=Cc1c(F)cccc1Cl)c1sc2ccccc2c1Cl. The van der Waals surface area contributed by atoms with Crippen LogP contribution in [0, 0.1) is 5.82 Å². The molecule has 0 atom stereocenters. The lowest BCUT2D eigenvalue weighted by molar-refractivity contribution is 0.0959.